The van der Waals surface area contributed by atoms with Crippen LogP contribution in [0.5, 0.6) is 0 Å². The van der Waals surface area contributed by atoms with Gasteiger partial charge in [0.1, 0.15) is 0 Å². The first-order valence-electron chi connectivity index (χ1n) is 5.91. The van der Waals surface area contributed by atoms with E-state index >= 15 is 0 Å². The zero-order valence-corrected chi connectivity index (χ0v) is 13.9. The Hall–Kier alpha value is -0.730. The summed E-state index contributed by atoms with van der Waals surface area (Å²) in [4.78, 5) is 30.7. The minimum atomic E-state index is -1.33. The molecule has 0 fully saturated rings. The number of carbonyl (C=O) groups is 3. The summed E-state index contributed by atoms with van der Waals surface area (Å²) in [5.41, 5.74) is 0. The third-order valence-electron chi connectivity index (χ3n) is 2.28. The van der Waals surface area contributed by atoms with Gasteiger partial charge in [0.25, 0.3) is 0 Å². The molecular weight excluding hydrogens is 304 g/mol. The fourth-order valence-electron chi connectivity index (χ4n) is 1.23. The Bertz CT molecular complexity index is 308. The van der Waals surface area contributed by atoms with Crippen LogP contribution in [0.2, 0.25) is 0 Å². The van der Waals surface area contributed by atoms with Crippen LogP contribution in [-0.4, -0.2) is 50.0 Å². The zero-order chi connectivity index (χ0) is 15.5. The predicted octanol–water partition coefficient (Wildman–Crippen LogP) is 2.02. The lowest BCUT2D eigenvalue weighted by atomic mass is 10.2. The molecule has 4 N–H and O–H groups in total. The van der Waals surface area contributed by atoms with Crippen LogP contribution in [0.25, 0.3) is 0 Å². The van der Waals surface area contributed by atoms with Gasteiger partial charge in [-0.2, -0.15) is 0 Å². The first kappa shape index (κ1) is 24.3. The zero-order valence-electron chi connectivity index (χ0n) is 13.3. The van der Waals surface area contributed by atoms with E-state index in [4.69, 9.17) is 10.2 Å². The van der Waals surface area contributed by atoms with Crippen LogP contribution in [-0.2, 0) is 14.4 Å². The van der Waals surface area contributed by atoms with Gasteiger partial charge in [-0.1, -0.05) is 20.3 Å². The van der Waals surface area contributed by atoms with E-state index in [9.17, 15) is 14.4 Å². The highest BCUT2D eigenvalue weighted by atomic mass is 32.2. The lowest BCUT2D eigenvalue weighted by Gasteiger charge is -2.24. The van der Waals surface area contributed by atoms with Crippen LogP contribution in [0.15, 0.2) is 0 Å². The van der Waals surface area contributed by atoms with E-state index in [0.29, 0.717) is 6.42 Å². The summed E-state index contributed by atoms with van der Waals surface area (Å²) in [6.07, 6.45) is 6.08. The Morgan fingerprint density at radius 2 is 1.50 bits per heavy atom. The van der Waals surface area contributed by atoms with Crippen molar-refractivity contribution in [2.75, 3.05) is 12.5 Å². The highest BCUT2D eigenvalue weighted by molar-refractivity contribution is 8.18. The molecule has 0 aromatic carbocycles. The predicted molar refractivity (Wildman–Crippen MR) is 84.6 cm³/mol. The number of carbonyl (C=O) groups excluding carboxylic acids is 1. The maximum Gasteiger partial charge on any atom is 1.00 e. The van der Waals surface area contributed by atoms with E-state index in [0.717, 1.165) is 12.8 Å². The number of hydrogen-bond acceptors (Lipinski definition) is 5. The smallest absolute Gasteiger partial charge is 0.480 e. The van der Waals surface area contributed by atoms with Crippen LogP contribution in [0, 0.1) is 0 Å². The van der Waals surface area contributed by atoms with Crippen LogP contribution in [0.1, 0.15) is 41.0 Å². The molecule has 0 aliphatic rings. The van der Waals surface area contributed by atoms with Gasteiger partial charge in [-0.05, 0) is 25.4 Å². The number of thioether (sulfide) groups is 2. The molecule has 20 heavy (non-hydrogen) atoms. The number of Topliss-reactive ketones (excluding diaryl/α,β-unsaturated/α-hetero) is 1. The summed E-state index contributed by atoms with van der Waals surface area (Å²) in [6.45, 7) is 3.77. The molecule has 0 atom stereocenters. The number of ketones is 1. The Balaban J connectivity index is -0.000000131. The van der Waals surface area contributed by atoms with Gasteiger partial charge in [-0.15, -0.1) is 23.5 Å². The molecule has 0 saturated carbocycles. The van der Waals surface area contributed by atoms with Crippen molar-refractivity contribution in [3.63, 3.8) is 0 Å². The summed E-state index contributed by atoms with van der Waals surface area (Å²) in [7, 11) is 0. The Kier molecular flexibility index (Phi) is 16.1. The summed E-state index contributed by atoms with van der Waals surface area (Å²) in [6, 6.07) is 0. The van der Waals surface area contributed by atoms with Crippen molar-refractivity contribution in [2.24, 2.45) is 0 Å². The van der Waals surface area contributed by atoms with Crippen molar-refractivity contribution in [3.05, 3.63) is 0 Å². The average Bonchev–Trinajstić information content (AvgIpc) is 2.36. The summed E-state index contributed by atoms with van der Waals surface area (Å²) in [5.74, 6) is -2.74. The lowest BCUT2D eigenvalue weighted by molar-refractivity contribution is -0.149. The third kappa shape index (κ3) is 9.22. The molecule has 0 amide bonds. The van der Waals surface area contributed by atoms with Gasteiger partial charge >= 0.3 is 13.4 Å². The maximum atomic E-state index is 10.8. The first-order valence-corrected chi connectivity index (χ1v) is 8.36. The van der Waals surface area contributed by atoms with E-state index in [2.05, 4.69) is 0 Å². The van der Waals surface area contributed by atoms with Crippen molar-refractivity contribution >= 4 is 41.2 Å². The topological polar surface area (TPSA) is 123 Å². The molecule has 0 aromatic heterocycles. The summed E-state index contributed by atoms with van der Waals surface area (Å²) >= 11 is 2.83. The first-order chi connectivity index (χ1) is 8.81. The fraction of sp³-hybridized carbons (Fsp3) is 0.750. The second-order valence-electron chi connectivity index (χ2n) is 3.69. The molecule has 0 bridgehead atoms. The fourth-order valence-corrected chi connectivity index (χ4v) is 3.06. The van der Waals surface area contributed by atoms with E-state index in [1.165, 1.54) is 23.5 Å². The molecule has 0 saturated heterocycles. The van der Waals surface area contributed by atoms with Gasteiger partial charge in [-0.3, -0.25) is 4.79 Å². The highest BCUT2D eigenvalue weighted by Gasteiger charge is 2.35. The Labute approximate surface area is 129 Å². The molecule has 0 aliphatic carbocycles. The molecule has 0 spiro atoms. The van der Waals surface area contributed by atoms with Crippen LogP contribution < -0.4 is 0 Å². The van der Waals surface area contributed by atoms with E-state index in [1.54, 1.807) is 6.92 Å². The second kappa shape index (κ2) is 13.3. The number of hydrogen-bond donors (Lipinski definition) is 2. The monoisotopic (exact) mass is 329 g/mol. The van der Waals surface area contributed by atoms with Gasteiger partial charge < -0.3 is 15.7 Å². The SMILES string of the molecule is CCCC(=O)C(=O)O.CCCC(SC)(SC)C(=O)O.O.[H+]. The quantitative estimate of drug-likeness (QED) is 0.515. The normalized spacial score (nSPS) is 9.80. The Morgan fingerprint density at radius 1 is 1.05 bits per heavy atom. The van der Waals surface area contributed by atoms with Crippen molar-refractivity contribution in [2.45, 2.75) is 43.6 Å². The van der Waals surface area contributed by atoms with Gasteiger partial charge in [0, 0.05) is 6.42 Å². The molecule has 0 aromatic rings. The van der Waals surface area contributed by atoms with Gasteiger partial charge in [0.15, 0.2) is 4.08 Å². The molecule has 0 aliphatic heterocycles. The van der Waals surface area contributed by atoms with Crippen LogP contribution in [0.3, 0.4) is 0 Å². The lowest BCUT2D eigenvalue weighted by Crippen LogP contribution is -2.30. The average molecular weight is 329 g/mol. The van der Waals surface area contributed by atoms with E-state index in [-0.39, 0.29) is 13.3 Å². The van der Waals surface area contributed by atoms with E-state index in [1.807, 2.05) is 19.4 Å². The number of carboxylic acid groups (broad SMARTS) is 2. The number of aliphatic carboxylic acids is 2. The maximum absolute atomic E-state index is 10.8. The Morgan fingerprint density at radius 3 is 1.60 bits per heavy atom. The van der Waals surface area contributed by atoms with Gasteiger partial charge in [0.05, 0.1) is 0 Å². The molecule has 0 heterocycles. The number of carboxylic acids is 2. The minimum absolute atomic E-state index is 0. The van der Waals surface area contributed by atoms with Crippen molar-refractivity contribution in [1.29, 1.82) is 0 Å². The standard InChI is InChI=1S/C7H14O2S2.C5H8O3.H2O/c1-4-5-7(10-2,11-3)6(8)9;1-2-3-4(6)5(7)8;/h4-5H2,1-3H3,(H,8,9);2-3H2,1H3,(H,7,8);1H2/p+1. The minimum Gasteiger partial charge on any atom is -0.480 e. The van der Waals surface area contributed by atoms with Crippen molar-refractivity contribution in [1.82, 2.24) is 0 Å². The molecule has 0 radical (unpaired) electrons. The third-order valence-corrected chi connectivity index (χ3v) is 5.36. The van der Waals surface area contributed by atoms with Crippen LogP contribution >= 0.6 is 23.5 Å². The van der Waals surface area contributed by atoms with Crippen LogP contribution in [0.4, 0.5) is 0 Å². The second-order valence-corrected chi connectivity index (χ2v) is 6.16. The van der Waals surface area contributed by atoms with E-state index < -0.39 is 21.8 Å². The number of rotatable bonds is 8. The molecule has 120 valence electrons. The van der Waals surface area contributed by atoms with Crippen molar-refractivity contribution < 1.29 is 31.5 Å². The molecular formula is C12H25O6S2+. The largest absolute Gasteiger partial charge is 1.00 e. The van der Waals surface area contributed by atoms with Gasteiger partial charge in [0.2, 0.25) is 5.78 Å². The van der Waals surface area contributed by atoms with Gasteiger partial charge in [-0.25, -0.2) is 9.59 Å². The molecule has 8 heteroatoms. The summed E-state index contributed by atoms with van der Waals surface area (Å²) < 4.78 is -0.616. The molecule has 0 rings (SSSR count). The molecule has 0 unspecified atom stereocenters. The summed E-state index contributed by atoms with van der Waals surface area (Å²) in [5, 5.41) is 16.9. The van der Waals surface area contributed by atoms with Crippen molar-refractivity contribution in [3.8, 4) is 0 Å². The highest BCUT2D eigenvalue weighted by Crippen LogP contribution is 2.38. The molecule has 6 nitrogen and oxygen atoms in total.